The van der Waals surface area contributed by atoms with E-state index in [-0.39, 0.29) is 10.6 Å². The molecular weight excluding hydrogens is 252 g/mol. The van der Waals surface area contributed by atoms with Gasteiger partial charge in [0, 0.05) is 18.2 Å². The standard InChI is InChI=1S/C16H24N2O2/c1-16(2)10-7-14(8-11-16)17-12-9-13-3-5-15(6-4-13)18(19)20/h3-6,14,17H,7-12H2,1-2H3. The van der Waals surface area contributed by atoms with Crippen LogP contribution < -0.4 is 5.32 Å². The van der Waals surface area contributed by atoms with E-state index in [2.05, 4.69) is 19.2 Å². The molecule has 1 saturated carbocycles. The zero-order valence-electron chi connectivity index (χ0n) is 12.4. The van der Waals surface area contributed by atoms with Gasteiger partial charge in [-0.2, -0.15) is 0 Å². The third kappa shape index (κ3) is 4.30. The zero-order valence-corrected chi connectivity index (χ0v) is 12.4. The highest BCUT2D eigenvalue weighted by molar-refractivity contribution is 5.32. The van der Waals surface area contributed by atoms with Gasteiger partial charge in [0.15, 0.2) is 0 Å². The number of hydrogen-bond donors (Lipinski definition) is 1. The Morgan fingerprint density at radius 1 is 1.25 bits per heavy atom. The monoisotopic (exact) mass is 276 g/mol. The van der Waals surface area contributed by atoms with Gasteiger partial charge in [-0.25, -0.2) is 0 Å². The van der Waals surface area contributed by atoms with Crippen molar-refractivity contribution in [2.45, 2.75) is 52.0 Å². The Balaban J connectivity index is 1.72. The summed E-state index contributed by atoms with van der Waals surface area (Å²) in [6.45, 7) is 5.64. The third-order valence-electron chi connectivity index (χ3n) is 4.33. The van der Waals surface area contributed by atoms with Gasteiger partial charge in [-0.3, -0.25) is 10.1 Å². The van der Waals surface area contributed by atoms with Gasteiger partial charge in [-0.05, 0) is 49.6 Å². The van der Waals surface area contributed by atoms with Crippen LogP contribution in [0.5, 0.6) is 0 Å². The Bertz CT molecular complexity index is 444. The van der Waals surface area contributed by atoms with Gasteiger partial charge in [-0.15, -0.1) is 0 Å². The molecule has 0 unspecified atom stereocenters. The molecule has 1 aromatic rings. The van der Waals surface area contributed by atoms with Crippen molar-refractivity contribution in [1.29, 1.82) is 0 Å². The molecule has 0 heterocycles. The first kappa shape index (κ1) is 15.0. The highest BCUT2D eigenvalue weighted by Crippen LogP contribution is 2.34. The van der Waals surface area contributed by atoms with Gasteiger partial charge in [0.05, 0.1) is 4.92 Å². The van der Waals surface area contributed by atoms with Crippen LogP contribution in [-0.2, 0) is 6.42 Å². The summed E-state index contributed by atoms with van der Waals surface area (Å²) in [6.07, 6.45) is 6.03. The second-order valence-electron chi connectivity index (χ2n) is 6.57. The van der Waals surface area contributed by atoms with E-state index in [4.69, 9.17) is 0 Å². The highest BCUT2D eigenvalue weighted by Gasteiger charge is 2.26. The van der Waals surface area contributed by atoms with E-state index in [0.717, 1.165) is 18.5 Å². The molecule has 110 valence electrons. The molecule has 0 aromatic heterocycles. The normalized spacial score (nSPS) is 18.9. The van der Waals surface area contributed by atoms with E-state index in [1.165, 1.54) is 25.7 Å². The minimum atomic E-state index is -0.355. The lowest BCUT2D eigenvalue weighted by molar-refractivity contribution is -0.384. The number of nitrogens with one attached hydrogen (secondary N) is 1. The number of rotatable bonds is 5. The van der Waals surface area contributed by atoms with E-state index < -0.39 is 0 Å². The highest BCUT2D eigenvalue weighted by atomic mass is 16.6. The smallest absolute Gasteiger partial charge is 0.269 e. The van der Waals surface area contributed by atoms with Gasteiger partial charge in [-0.1, -0.05) is 26.0 Å². The van der Waals surface area contributed by atoms with Crippen LogP contribution in [0.4, 0.5) is 5.69 Å². The number of nitro groups is 1. The Morgan fingerprint density at radius 2 is 1.85 bits per heavy atom. The van der Waals surface area contributed by atoms with Crippen molar-refractivity contribution in [2.24, 2.45) is 5.41 Å². The molecule has 0 spiro atoms. The van der Waals surface area contributed by atoms with Crippen LogP contribution in [0.2, 0.25) is 0 Å². The predicted molar refractivity (Wildman–Crippen MR) is 80.8 cm³/mol. The van der Waals surface area contributed by atoms with Gasteiger partial charge < -0.3 is 5.32 Å². The van der Waals surface area contributed by atoms with Crippen LogP contribution in [-0.4, -0.2) is 17.5 Å². The maximum Gasteiger partial charge on any atom is 0.269 e. The summed E-state index contributed by atoms with van der Waals surface area (Å²) < 4.78 is 0. The molecule has 0 radical (unpaired) electrons. The molecule has 0 atom stereocenters. The molecule has 1 aliphatic carbocycles. The second-order valence-corrected chi connectivity index (χ2v) is 6.57. The topological polar surface area (TPSA) is 55.2 Å². The van der Waals surface area contributed by atoms with Crippen molar-refractivity contribution in [3.63, 3.8) is 0 Å². The fourth-order valence-electron chi connectivity index (χ4n) is 2.81. The first-order chi connectivity index (χ1) is 9.46. The van der Waals surface area contributed by atoms with Crippen LogP contribution in [0.15, 0.2) is 24.3 Å². The lowest BCUT2D eigenvalue weighted by Gasteiger charge is -2.34. The maximum absolute atomic E-state index is 10.6. The Labute approximate surface area is 120 Å². The minimum Gasteiger partial charge on any atom is -0.314 e. The van der Waals surface area contributed by atoms with Crippen molar-refractivity contribution >= 4 is 5.69 Å². The summed E-state index contributed by atoms with van der Waals surface area (Å²) in [5.41, 5.74) is 1.83. The molecule has 0 amide bonds. The van der Waals surface area contributed by atoms with Crippen LogP contribution >= 0.6 is 0 Å². The van der Waals surface area contributed by atoms with Crippen molar-refractivity contribution < 1.29 is 4.92 Å². The molecule has 1 N–H and O–H groups in total. The van der Waals surface area contributed by atoms with Gasteiger partial charge in [0.2, 0.25) is 0 Å². The van der Waals surface area contributed by atoms with E-state index in [1.807, 2.05) is 12.1 Å². The van der Waals surface area contributed by atoms with Gasteiger partial charge >= 0.3 is 0 Å². The Hall–Kier alpha value is -1.42. The van der Waals surface area contributed by atoms with Crippen LogP contribution in [0.1, 0.15) is 45.1 Å². The molecular formula is C16H24N2O2. The molecule has 0 saturated heterocycles. The number of hydrogen-bond acceptors (Lipinski definition) is 3. The second kappa shape index (κ2) is 6.35. The molecule has 0 aliphatic heterocycles. The maximum atomic E-state index is 10.6. The zero-order chi connectivity index (χ0) is 14.6. The minimum absolute atomic E-state index is 0.163. The Kier molecular flexibility index (Phi) is 4.76. The number of nitro benzene ring substituents is 1. The molecule has 1 fully saturated rings. The van der Waals surface area contributed by atoms with Crippen molar-refractivity contribution in [3.8, 4) is 0 Å². The van der Waals surface area contributed by atoms with Crippen LogP contribution in [0, 0.1) is 15.5 Å². The fourth-order valence-corrected chi connectivity index (χ4v) is 2.81. The quantitative estimate of drug-likeness (QED) is 0.659. The number of nitrogens with zero attached hydrogens (tertiary/aromatic N) is 1. The van der Waals surface area contributed by atoms with Gasteiger partial charge in [0.1, 0.15) is 0 Å². The van der Waals surface area contributed by atoms with Crippen molar-refractivity contribution in [3.05, 3.63) is 39.9 Å². The predicted octanol–water partition coefficient (Wildman–Crippen LogP) is 3.70. The first-order valence-corrected chi connectivity index (χ1v) is 7.43. The molecule has 4 nitrogen and oxygen atoms in total. The summed E-state index contributed by atoms with van der Waals surface area (Å²) in [5.74, 6) is 0. The largest absolute Gasteiger partial charge is 0.314 e. The van der Waals surface area contributed by atoms with E-state index >= 15 is 0 Å². The van der Waals surface area contributed by atoms with E-state index in [0.29, 0.717) is 11.5 Å². The number of non-ortho nitro benzene ring substituents is 1. The SMILES string of the molecule is CC1(C)CCC(NCCc2ccc([N+](=O)[O-])cc2)CC1. The molecule has 0 bridgehead atoms. The molecule has 20 heavy (non-hydrogen) atoms. The van der Waals surface area contributed by atoms with Crippen molar-refractivity contribution in [1.82, 2.24) is 5.32 Å². The van der Waals surface area contributed by atoms with Crippen LogP contribution in [0.3, 0.4) is 0 Å². The molecule has 4 heteroatoms. The summed E-state index contributed by atoms with van der Waals surface area (Å²) in [6, 6.07) is 7.51. The summed E-state index contributed by atoms with van der Waals surface area (Å²) in [7, 11) is 0. The molecule has 2 rings (SSSR count). The Morgan fingerprint density at radius 3 is 2.40 bits per heavy atom. The van der Waals surface area contributed by atoms with Gasteiger partial charge in [0.25, 0.3) is 5.69 Å². The third-order valence-corrected chi connectivity index (χ3v) is 4.33. The van der Waals surface area contributed by atoms with Crippen molar-refractivity contribution in [2.75, 3.05) is 6.54 Å². The lowest BCUT2D eigenvalue weighted by atomic mass is 9.75. The van der Waals surface area contributed by atoms with E-state index in [9.17, 15) is 10.1 Å². The molecule has 1 aliphatic rings. The summed E-state index contributed by atoms with van der Waals surface area (Å²) in [4.78, 5) is 10.2. The average Bonchev–Trinajstić information content (AvgIpc) is 2.41. The summed E-state index contributed by atoms with van der Waals surface area (Å²) in [5, 5.41) is 14.2. The van der Waals surface area contributed by atoms with E-state index in [1.54, 1.807) is 12.1 Å². The first-order valence-electron chi connectivity index (χ1n) is 7.43. The lowest BCUT2D eigenvalue weighted by Crippen LogP contribution is -2.36. The summed E-state index contributed by atoms with van der Waals surface area (Å²) >= 11 is 0. The van der Waals surface area contributed by atoms with Crippen LogP contribution in [0.25, 0.3) is 0 Å². The average molecular weight is 276 g/mol. The fraction of sp³-hybridized carbons (Fsp3) is 0.625. The molecule has 1 aromatic carbocycles. The number of benzene rings is 1.